The topological polar surface area (TPSA) is 4.93 Å². The van der Waals surface area contributed by atoms with Gasteiger partial charge in [-0.05, 0) is 114 Å². The van der Waals surface area contributed by atoms with E-state index in [1.165, 1.54) is 99.1 Å². The zero-order valence-electron chi connectivity index (χ0n) is 28.5. The van der Waals surface area contributed by atoms with E-state index in [1.54, 1.807) is 0 Å². The van der Waals surface area contributed by atoms with Gasteiger partial charge in [0.25, 0.3) is 0 Å². The van der Waals surface area contributed by atoms with Gasteiger partial charge in [-0.2, -0.15) is 0 Å². The lowest BCUT2D eigenvalue weighted by atomic mass is 9.84. The number of fused-ring (bicyclic) bond motifs is 9. The number of hydrogen-bond donors (Lipinski definition) is 0. The molecule has 9 aromatic carbocycles. The largest absolute Gasteiger partial charge is 0.309 e. The maximum atomic E-state index is 2.44. The Hall–Kier alpha value is -6.70. The van der Waals surface area contributed by atoms with Crippen molar-refractivity contribution in [3.05, 3.63) is 211 Å². The highest BCUT2D eigenvalue weighted by Crippen LogP contribution is 2.51. The molecule has 0 saturated heterocycles. The van der Waals surface area contributed by atoms with Gasteiger partial charge in [-0.3, -0.25) is 0 Å². The van der Waals surface area contributed by atoms with E-state index in [9.17, 15) is 0 Å². The summed E-state index contributed by atoms with van der Waals surface area (Å²) in [5.74, 6) is 0.131. The van der Waals surface area contributed by atoms with Crippen LogP contribution in [0.5, 0.6) is 0 Å². The van der Waals surface area contributed by atoms with Crippen molar-refractivity contribution in [1.29, 1.82) is 0 Å². The molecule has 0 aliphatic heterocycles. The molecule has 0 amide bonds. The molecule has 1 atom stereocenters. The summed E-state index contributed by atoms with van der Waals surface area (Å²) in [4.78, 5) is 0. The van der Waals surface area contributed by atoms with Crippen molar-refractivity contribution in [1.82, 2.24) is 4.57 Å². The lowest BCUT2D eigenvalue weighted by Crippen LogP contribution is -2.02. The molecule has 0 bridgehead atoms. The summed E-state index contributed by atoms with van der Waals surface area (Å²) in [6.07, 6.45) is 0. The van der Waals surface area contributed by atoms with E-state index in [1.807, 2.05) is 0 Å². The zero-order chi connectivity index (χ0) is 34.2. The molecule has 1 nitrogen and oxygen atoms in total. The Morgan fingerprint density at radius 2 is 0.885 bits per heavy atom. The van der Waals surface area contributed by atoms with Crippen LogP contribution in [-0.4, -0.2) is 4.57 Å². The maximum Gasteiger partial charge on any atom is 0.0541 e. The standard InChI is InChI=1S/C51H33N/c1-2-15-36(16-3-1)52-49-25-13-12-22-42(49)48-32-34(27-29-50(48)52)38-18-6-10-23-43(38)51-44-24-11-9-21-41(44)47-31-35(26-28-45(47)51)46-30-33-14-4-5-17-37(33)39-19-7-8-20-40(39)46/h1-32,51H. The molecule has 1 heterocycles. The SMILES string of the molecule is c1ccc(-n2c3ccccc3c3cc(-c4ccccc4C4c5ccccc5-c5cc(-c6cc7ccccc7c7ccccc67)ccc54)ccc32)cc1. The normalized spacial score (nSPS) is 13.6. The number of nitrogens with zero attached hydrogens (tertiary/aromatic N) is 1. The third-order valence-electron chi connectivity index (χ3n) is 11.3. The molecule has 0 radical (unpaired) electrons. The van der Waals surface area contributed by atoms with Gasteiger partial charge in [-0.1, -0.05) is 152 Å². The molecule has 0 N–H and O–H groups in total. The van der Waals surface area contributed by atoms with E-state index in [4.69, 9.17) is 0 Å². The van der Waals surface area contributed by atoms with E-state index in [2.05, 4.69) is 199 Å². The Balaban J connectivity index is 1.09. The molecule has 1 heteroatoms. The first-order valence-corrected chi connectivity index (χ1v) is 18.1. The molecule has 0 spiro atoms. The lowest BCUT2D eigenvalue weighted by molar-refractivity contribution is 1.02. The Kier molecular flexibility index (Phi) is 6.38. The second-order valence-electron chi connectivity index (χ2n) is 14.0. The van der Waals surface area contributed by atoms with Gasteiger partial charge < -0.3 is 4.57 Å². The molecule has 10 aromatic rings. The quantitative estimate of drug-likeness (QED) is 0.166. The summed E-state index contributed by atoms with van der Waals surface area (Å²) >= 11 is 0. The van der Waals surface area contributed by atoms with Crippen molar-refractivity contribution >= 4 is 43.4 Å². The number of para-hydroxylation sites is 2. The van der Waals surface area contributed by atoms with Crippen LogP contribution in [0.3, 0.4) is 0 Å². The first-order valence-electron chi connectivity index (χ1n) is 18.1. The van der Waals surface area contributed by atoms with Crippen molar-refractivity contribution < 1.29 is 0 Å². The molecular weight excluding hydrogens is 627 g/mol. The molecule has 1 unspecified atom stereocenters. The molecular formula is C51H33N. The second kappa shape index (κ2) is 11.4. The Labute approximate surface area is 302 Å². The predicted octanol–water partition coefficient (Wildman–Crippen LogP) is 13.6. The number of hydrogen-bond acceptors (Lipinski definition) is 0. The summed E-state index contributed by atoms with van der Waals surface area (Å²) in [5, 5.41) is 7.70. The molecule has 1 aliphatic rings. The van der Waals surface area contributed by atoms with Crippen molar-refractivity contribution in [2.75, 3.05) is 0 Å². The summed E-state index contributed by atoms with van der Waals surface area (Å²) < 4.78 is 2.39. The fraction of sp³-hybridized carbons (Fsp3) is 0.0196. The molecule has 1 aromatic heterocycles. The van der Waals surface area contributed by atoms with Crippen LogP contribution in [0.15, 0.2) is 194 Å². The average molecular weight is 660 g/mol. The van der Waals surface area contributed by atoms with Crippen molar-refractivity contribution in [3.8, 4) is 39.1 Å². The summed E-state index contributed by atoms with van der Waals surface area (Å²) in [6.45, 7) is 0. The third-order valence-corrected chi connectivity index (χ3v) is 11.3. The minimum atomic E-state index is 0.131. The third kappa shape index (κ3) is 4.30. The smallest absolute Gasteiger partial charge is 0.0541 e. The molecule has 242 valence electrons. The minimum Gasteiger partial charge on any atom is -0.309 e. The first kappa shape index (κ1) is 29.1. The first-order chi connectivity index (χ1) is 25.8. The fourth-order valence-corrected chi connectivity index (χ4v) is 9.01. The number of rotatable bonds is 4. The fourth-order valence-electron chi connectivity index (χ4n) is 9.01. The van der Waals surface area contributed by atoms with Gasteiger partial charge in [-0.15, -0.1) is 0 Å². The Bertz CT molecular complexity index is 3020. The van der Waals surface area contributed by atoms with E-state index < -0.39 is 0 Å². The van der Waals surface area contributed by atoms with Gasteiger partial charge in [-0.25, -0.2) is 0 Å². The molecule has 0 fully saturated rings. The van der Waals surface area contributed by atoms with Gasteiger partial charge in [0.1, 0.15) is 0 Å². The zero-order valence-corrected chi connectivity index (χ0v) is 28.5. The molecule has 11 rings (SSSR count). The molecule has 0 saturated carbocycles. The minimum absolute atomic E-state index is 0.131. The van der Waals surface area contributed by atoms with Gasteiger partial charge in [0, 0.05) is 22.4 Å². The highest BCUT2D eigenvalue weighted by atomic mass is 15.0. The van der Waals surface area contributed by atoms with Crippen LogP contribution in [0.1, 0.15) is 22.6 Å². The highest BCUT2D eigenvalue weighted by Gasteiger charge is 2.32. The van der Waals surface area contributed by atoms with Gasteiger partial charge >= 0.3 is 0 Å². The molecule has 52 heavy (non-hydrogen) atoms. The van der Waals surface area contributed by atoms with Crippen LogP contribution in [0.2, 0.25) is 0 Å². The Morgan fingerprint density at radius 1 is 0.308 bits per heavy atom. The average Bonchev–Trinajstić information content (AvgIpc) is 3.73. The van der Waals surface area contributed by atoms with Crippen LogP contribution in [-0.2, 0) is 0 Å². The lowest BCUT2D eigenvalue weighted by Gasteiger charge is -2.19. The van der Waals surface area contributed by atoms with Crippen LogP contribution in [0, 0.1) is 0 Å². The van der Waals surface area contributed by atoms with E-state index in [0.717, 1.165) is 0 Å². The van der Waals surface area contributed by atoms with Crippen LogP contribution in [0.25, 0.3) is 82.4 Å². The second-order valence-corrected chi connectivity index (χ2v) is 14.0. The number of benzene rings is 9. The predicted molar refractivity (Wildman–Crippen MR) is 219 cm³/mol. The van der Waals surface area contributed by atoms with E-state index in [-0.39, 0.29) is 5.92 Å². The summed E-state index contributed by atoms with van der Waals surface area (Å²) in [7, 11) is 0. The maximum absolute atomic E-state index is 2.44. The van der Waals surface area contributed by atoms with E-state index >= 15 is 0 Å². The monoisotopic (exact) mass is 659 g/mol. The van der Waals surface area contributed by atoms with Crippen LogP contribution in [0.4, 0.5) is 0 Å². The van der Waals surface area contributed by atoms with Gasteiger partial charge in [0.2, 0.25) is 0 Å². The van der Waals surface area contributed by atoms with Crippen molar-refractivity contribution in [2.45, 2.75) is 5.92 Å². The van der Waals surface area contributed by atoms with E-state index in [0.29, 0.717) is 0 Å². The van der Waals surface area contributed by atoms with Crippen molar-refractivity contribution in [2.24, 2.45) is 0 Å². The number of aromatic nitrogens is 1. The van der Waals surface area contributed by atoms with Gasteiger partial charge in [0.15, 0.2) is 0 Å². The highest BCUT2D eigenvalue weighted by molar-refractivity contribution is 6.14. The Morgan fingerprint density at radius 3 is 1.73 bits per heavy atom. The molecule has 1 aliphatic carbocycles. The van der Waals surface area contributed by atoms with Gasteiger partial charge in [0.05, 0.1) is 11.0 Å². The van der Waals surface area contributed by atoms with Crippen LogP contribution >= 0.6 is 0 Å². The summed E-state index contributed by atoms with van der Waals surface area (Å²) in [5.41, 5.74) is 15.4. The van der Waals surface area contributed by atoms with Crippen molar-refractivity contribution in [3.63, 3.8) is 0 Å². The summed E-state index contributed by atoms with van der Waals surface area (Å²) in [6, 6.07) is 71.7. The van der Waals surface area contributed by atoms with Crippen LogP contribution < -0.4 is 0 Å².